The van der Waals surface area contributed by atoms with Gasteiger partial charge < -0.3 is 25.6 Å². The van der Waals surface area contributed by atoms with Gasteiger partial charge in [-0.1, -0.05) is 30.3 Å². The van der Waals surface area contributed by atoms with Crippen LogP contribution in [0.25, 0.3) is 0 Å². The quantitative estimate of drug-likeness (QED) is 0.546. The highest BCUT2D eigenvalue weighted by Gasteiger charge is 2.40. The van der Waals surface area contributed by atoms with Crippen molar-refractivity contribution in [2.75, 3.05) is 20.1 Å². The third-order valence-electron chi connectivity index (χ3n) is 8.34. The van der Waals surface area contributed by atoms with E-state index in [1.165, 1.54) is 22.6 Å². The summed E-state index contributed by atoms with van der Waals surface area (Å²) in [6.07, 6.45) is 5.33. The number of hydrogen-bond acceptors (Lipinski definition) is 5. The Labute approximate surface area is 235 Å². The van der Waals surface area contributed by atoms with Crippen LogP contribution in [0.3, 0.4) is 0 Å². The molecule has 0 radical (unpaired) electrons. The van der Waals surface area contributed by atoms with Gasteiger partial charge in [0.2, 0.25) is 17.7 Å². The molecule has 0 spiro atoms. The van der Waals surface area contributed by atoms with Crippen LogP contribution in [-0.4, -0.2) is 67.0 Å². The first-order valence-electron chi connectivity index (χ1n) is 14.4. The van der Waals surface area contributed by atoms with Crippen molar-refractivity contribution in [2.45, 2.75) is 76.1 Å². The number of fused-ring (bicyclic) bond motifs is 1. The average molecular weight is 551 g/mol. The molecule has 2 aliphatic heterocycles. The van der Waals surface area contributed by atoms with Gasteiger partial charge in [-0.2, -0.15) is 0 Å². The number of hydrogen-bond donors (Lipinski definition) is 3. The average Bonchev–Trinajstić information content (AvgIpc) is 3.80. The number of nitrogens with zero attached hydrogens (tertiary/aromatic N) is 1. The van der Waals surface area contributed by atoms with E-state index >= 15 is 0 Å². The SMILES string of the molecule is C[C@@H]1C(=O)N[C@H](Cc2ccc(F)cc2)C(=O)NCCCc2cccc3c2O[C@H](CC3)CN[C@@H](C2CC2)C(=O)N1C. The molecule has 1 fully saturated rings. The number of aryl methyl sites for hydroxylation is 2. The number of amides is 3. The molecule has 3 N–H and O–H groups in total. The Hall–Kier alpha value is -3.46. The van der Waals surface area contributed by atoms with Crippen LogP contribution in [0.4, 0.5) is 4.39 Å². The molecular weight excluding hydrogens is 511 g/mol. The van der Waals surface area contributed by atoms with Crippen molar-refractivity contribution in [3.05, 3.63) is 65.0 Å². The summed E-state index contributed by atoms with van der Waals surface area (Å²) < 4.78 is 19.9. The molecule has 0 saturated heterocycles. The van der Waals surface area contributed by atoms with Crippen LogP contribution in [0.1, 0.15) is 49.3 Å². The minimum atomic E-state index is -0.867. The van der Waals surface area contributed by atoms with E-state index in [1.54, 1.807) is 26.1 Å². The second-order valence-corrected chi connectivity index (χ2v) is 11.3. The monoisotopic (exact) mass is 550 g/mol. The van der Waals surface area contributed by atoms with Crippen molar-refractivity contribution < 1.29 is 23.5 Å². The van der Waals surface area contributed by atoms with Gasteiger partial charge in [0.1, 0.15) is 29.8 Å². The number of ether oxygens (including phenoxy) is 1. The van der Waals surface area contributed by atoms with Gasteiger partial charge in [0.05, 0.1) is 6.04 Å². The second kappa shape index (κ2) is 12.4. The van der Waals surface area contributed by atoms with Crippen molar-refractivity contribution in [3.63, 3.8) is 0 Å². The predicted octanol–water partition coefficient (Wildman–Crippen LogP) is 2.52. The number of carbonyl (C=O) groups is 3. The normalized spacial score (nSPS) is 26.7. The molecule has 2 aromatic rings. The maximum absolute atomic E-state index is 13.6. The first-order chi connectivity index (χ1) is 19.3. The summed E-state index contributed by atoms with van der Waals surface area (Å²) in [5.74, 6) is -0.0703. The molecule has 2 bridgehead atoms. The van der Waals surface area contributed by atoms with E-state index in [4.69, 9.17) is 4.74 Å². The van der Waals surface area contributed by atoms with Crippen LogP contribution in [0.2, 0.25) is 0 Å². The van der Waals surface area contributed by atoms with Crippen molar-refractivity contribution in [1.29, 1.82) is 0 Å². The minimum Gasteiger partial charge on any atom is -0.489 e. The van der Waals surface area contributed by atoms with Gasteiger partial charge in [-0.05, 0) is 80.2 Å². The second-order valence-electron chi connectivity index (χ2n) is 11.3. The topological polar surface area (TPSA) is 99.8 Å². The highest BCUT2D eigenvalue weighted by atomic mass is 19.1. The molecular formula is C31H39FN4O4. The zero-order valence-electron chi connectivity index (χ0n) is 23.3. The van der Waals surface area contributed by atoms with E-state index in [2.05, 4.69) is 28.1 Å². The summed E-state index contributed by atoms with van der Waals surface area (Å²) >= 11 is 0. The van der Waals surface area contributed by atoms with Gasteiger partial charge in [0.15, 0.2) is 0 Å². The van der Waals surface area contributed by atoms with E-state index in [1.807, 2.05) is 6.07 Å². The van der Waals surface area contributed by atoms with Crippen LogP contribution in [0.5, 0.6) is 5.75 Å². The van der Waals surface area contributed by atoms with Crippen molar-refractivity contribution in [2.24, 2.45) is 5.92 Å². The van der Waals surface area contributed by atoms with Gasteiger partial charge in [-0.25, -0.2) is 4.39 Å². The molecule has 0 aromatic heterocycles. The number of nitrogens with one attached hydrogen (secondary N) is 3. The van der Waals surface area contributed by atoms with Gasteiger partial charge >= 0.3 is 0 Å². The molecule has 0 unspecified atom stereocenters. The maximum atomic E-state index is 13.6. The molecule has 2 heterocycles. The molecule has 214 valence electrons. The van der Waals surface area contributed by atoms with Gasteiger partial charge in [0, 0.05) is 26.6 Å². The van der Waals surface area contributed by atoms with Crippen LogP contribution in [0.15, 0.2) is 42.5 Å². The molecule has 5 rings (SSSR count). The molecule has 2 aromatic carbocycles. The third kappa shape index (κ3) is 6.63. The molecule has 3 aliphatic rings. The number of benzene rings is 2. The fraction of sp³-hybridized carbons (Fsp3) is 0.516. The zero-order chi connectivity index (χ0) is 28.2. The first kappa shape index (κ1) is 28.1. The Bertz CT molecular complexity index is 1230. The van der Waals surface area contributed by atoms with E-state index in [-0.39, 0.29) is 36.1 Å². The largest absolute Gasteiger partial charge is 0.489 e. The van der Waals surface area contributed by atoms with Gasteiger partial charge in [-0.15, -0.1) is 0 Å². The Morgan fingerprint density at radius 3 is 2.42 bits per heavy atom. The molecule has 8 nitrogen and oxygen atoms in total. The zero-order valence-corrected chi connectivity index (χ0v) is 23.3. The van der Waals surface area contributed by atoms with Crippen molar-refractivity contribution in [3.8, 4) is 5.75 Å². The third-order valence-corrected chi connectivity index (χ3v) is 8.34. The van der Waals surface area contributed by atoms with E-state index < -0.39 is 24.0 Å². The van der Waals surface area contributed by atoms with E-state index in [0.29, 0.717) is 19.5 Å². The summed E-state index contributed by atoms with van der Waals surface area (Å²) in [5.41, 5.74) is 3.02. The first-order valence-corrected chi connectivity index (χ1v) is 14.4. The Morgan fingerprint density at radius 2 is 1.70 bits per heavy atom. The molecule has 1 aliphatic carbocycles. The lowest BCUT2D eigenvalue weighted by atomic mass is 9.96. The number of halogens is 1. The summed E-state index contributed by atoms with van der Waals surface area (Å²) in [6.45, 7) is 2.66. The lowest BCUT2D eigenvalue weighted by Crippen LogP contribution is -2.57. The Balaban J connectivity index is 1.39. The van der Waals surface area contributed by atoms with Crippen LogP contribution in [-0.2, 0) is 33.6 Å². The highest BCUT2D eigenvalue weighted by Crippen LogP contribution is 2.35. The van der Waals surface area contributed by atoms with Crippen LogP contribution < -0.4 is 20.7 Å². The van der Waals surface area contributed by atoms with Crippen molar-refractivity contribution >= 4 is 17.7 Å². The molecule has 9 heteroatoms. The number of rotatable bonds is 3. The predicted molar refractivity (Wildman–Crippen MR) is 149 cm³/mol. The molecule has 3 amide bonds. The number of para-hydroxylation sites is 1. The molecule has 1 saturated carbocycles. The van der Waals surface area contributed by atoms with Gasteiger partial charge in [-0.3, -0.25) is 14.4 Å². The molecule has 4 atom stereocenters. The summed E-state index contributed by atoms with van der Waals surface area (Å²) in [7, 11) is 1.64. The fourth-order valence-electron chi connectivity index (χ4n) is 5.57. The Morgan fingerprint density at radius 1 is 0.975 bits per heavy atom. The smallest absolute Gasteiger partial charge is 0.243 e. The number of carbonyl (C=O) groups excluding carboxylic acids is 3. The Kier molecular flexibility index (Phi) is 8.69. The molecule has 40 heavy (non-hydrogen) atoms. The lowest BCUT2D eigenvalue weighted by Gasteiger charge is -2.32. The van der Waals surface area contributed by atoms with E-state index in [9.17, 15) is 18.8 Å². The summed E-state index contributed by atoms with van der Waals surface area (Å²) in [4.78, 5) is 41.6. The summed E-state index contributed by atoms with van der Waals surface area (Å²) in [5, 5.41) is 9.29. The highest BCUT2D eigenvalue weighted by molar-refractivity contribution is 5.93. The fourth-order valence-corrected chi connectivity index (χ4v) is 5.57. The minimum absolute atomic E-state index is 0.0421. The van der Waals surface area contributed by atoms with Gasteiger partial charge in [0.25, 0.3) is 0 Å². The standard InChI is InChI=1S/C31H39FN4O4/c1-19-29(37)35-26(17-20-8-13-24(32)14-9-20)30(38)33-16-4-7-22-5-3-6-23-12-15-25(40-28(22)23)18-34-27(21-10-11-21)31(39)36(19)2/h3,5-6,8-9,13-14,19,21,25-27,34H,4,7,10-12,15-18H2,1-2H3,(H,33,38)(H,35,37)/t19-,25-,26-,27+/m1/s1. The summed E-state index contributed by atoms with van der Waals surface area (Å²) in [6, 6.07) is 10.1. The van der Waals surface area contributed by atoms with Crippen LogP contribution in [0, 0.1) is 11.7 Å². The van der Waals surface area contributed by atoms with E-state index in [0.717, 1.165) is 49.0 Å². The maximum Gasteiger partial charge on any atom is 0.243 e. The lowest BCUT2D eigenvalue weighted by molar-refractivity contribution is -0.141. The van der Waals surface area contributed by atoms with Crippen LogP contribution >= 0.6 is 0 Å². The van der Waals surface area contributed by atoms with Crippen molar-refractivity contribution in [1.82, 2.24) is 20.9 Å². The number of likely N-dealkylation sites (N-methyl/N-ethyl adjacent to an activating group) is 1.